The highest BCUT2D eigenvalue weighted by Gasteiger charge is 2.16. The van der Waals surface area contributed by atoms with E-state index in [1.807, 2.05) is 48.5 Å². The maximum absolute atomic E-state index is 12.2. The van der Waals surface area contributed by atoms with Gasteiger partial charge in [-0.05, 0) is 17.7 Å². The van der Waals surface area contributed by atoms with Gasteiger partial charge in [-0.2, -0.15) is 5.10 Å². The molecule has 3 aromatic rings. The van der Waals surface area contributed by atoms with E-state index in [-0.39, 0.29) is 18.0 Å². The third-order valence-electron chi connectivity index (χ3n) is 3.40. The summed E-state index contributed by atoms with van der Waals surface area (Å²) in [6, 6.07) is 19.7. The number of aromatic nitrogens is 2. The predicted octanol–water partition coefficient (Wildman–Crippen LogP) is 2.75. The van der Waals surface area contributed by atoms with Crippen LogP contribution in [0.2, 0.25) is 0 Å². The number of hydrogen-bond acceptors (Lipinski definition) is 3. The van der Waals surface area contributed by atoms with E-state index in [9.17, 15) is 9.59 Å². The number of nitrogens with zero attached hydrogens (tertiary/aromatic N) is 2. The Labute approximate surface area is 138 Å². The minimum Gasteiger partial charge on any atom is -0.476 e. The van der Waals surface area contributed by atoms with Crippen LogP contribution >= 0.6 is 0 Å². The van der Waals surface area contributed by atoms with Gasteiger partial charge < -0.3 is 10.4 Å². The van der Waals surface area contributed by atoms with Crippen LogP contribution in [-0.2, 0) is 11.2 Å². The van der Waals surface area contributed by atoms with E-state index in [1.54, 1.807) is 12.1 Å². The Morgan fingerprint density at radius 2 is 1.62 bits per heavy atom. The van der Waals surface area contributed by atoms with Gasteiger partial charge in [0.05, 0.1) is 12.1 Å². The first-order chi connectivity index (χ1) is 11.6. The maximum atomic E-state index is 12.2. The molecule has 1 aromatic heterocycles. The van der Waals surface area contributed by atoms with E-state index < -0.39 is 5.97 Å². The molecule has 0 bridgehead atoms. The van der Waals surface area contributed by atoms with Crippen molar-refractivity contribution in [2.24, 2.45) is 0 Å². The minimum atomic E-state index is -1.15. The third-order valence-corrected chi connectivity index (χ3v) is 3.40. The Balaban J connectivity index is 1.86. The average Bonchev–Trinajstić information content (AvgIpc) is 3.00. The van der Waals surface area contributed by atoms with Crippen LogP contribution in [-0.4, -0.2) is 26.8 Å². The summed E-state index contributed by atoms with van der Waals surface area (Å²) in [5.41, 5.74) is 1.41. The molecule has 120 valence electrons. The number of rotatable bonds is 5. The zero-order valence-corrected chi connectivity index (χ0v) is 12.7. The lowest BCUT2D eigenvalue weighted by molar-refractivity contribution is -0.115. The molecule has 0 saturated carbocycles. The van der Waals surface area contributed by atoms with Crippen molar-refractivity contribution < 1.29 is 14.7 Å². The second-order valence-electron chi connectivity index (χ2n) is 5.18. The van der Waals surface area contributed by atoms with Gasteiger partial charge in [-0.1, -0.05) is 48.5 Å². The average molecular weight is 321 g/mol. The van der Waals surface area contributed by atoms with Gasteiger partial charge in [0.25, 0.3) is 0 Å². The monoisotopic (exact) mass is 321 g/mol. The molecule has 6 nitrogen and oxygen atoms in total. The summed E-state index contributed by atoms with van der Waals surface area (Å²) in [5, 5.41) is 15.9. The quantitative estimate of drug-likeness (QED) is 0.757. The number of carboxylic acids is 1. The molecule has 0 aliphatic heterocycles. The Kier molecular flexibility index (Phi) is 4.38. The van der Waals surface area contributed by atoms with Gasteiger partial charge in [-0.3, -0.25) is 4.79 Å². The molecule has 0 aliphatic carbocycles. The number of benzene rings is 2. The van der Waals surface area contributed by atoms with Crippen molar-refractivity contribution in [3.05, 3.63) is 78.0 Å². The highest BCUT2D eigenvalue weighted by molar-refractivity contribution is 5.93. The topological polar surface area (TPSA) is 84.2 Å². The molecule has 0 aliphatic rings. The lowest BCUT2D eigenvalue weighted by Gasteiger charge is -2.08. The number of aromatic carboxylic acids is 1. The number of hydrogen-bond donors (Lipinski definition) is 2. The van der Waals surface area contributed by atoms with E-state index in [1.165, 1.54) is 10.7 Å². The lowest BCUT2D eigenvalue weighted by Crippen LogP contribution is -2.17. The summed E-state index contributed by atoms with van der Waals surface area (Å²) in [7, 11) is 0. The number of carbonyl (C=O) groups excluding carboxylic acids is 1. The molecule has 0 saturated heterocycles. The van der Waals surface area contributed by atoms with Crippen molar-refractivity contribution in [1.29, 1.82) is 0 Å². The molecule has 0 atom stereocenters. The number of anilines is 1. The van der Waals surface area contributed by atoms with Gasteiger partial charge in [-0.25, -0.2) is 9.48 Å². The number of carbonyl (C=O) groups is 2. The van der Waals surface area contributed by atoms with Gasteiger partial charge in [0, 0.05) is 6.07 Å². The second-order valence-corrected chi connectivity index (χ2v) is 5.18. The van der Waals surface area contributed by atoms with Crippen molar-refractivity contribution in [1.82, 2.24) is 9.78 Å². The summed E-state index contributed by atoms with van der Waals surface area (Å²) in [4.78, 5) is 23.4. The summed E-state index contributed by atoms with van der Waals surface area (Å²) in [6.07, 6.45) is 0.198. The number of nitrogens with one attached hydrogen (secondary N) is 1. The second kappa shape index (κ2) is 6.78. The van der Waals surface area contributed by atoms with Crippen LogP contribution in [0.3, 0.4) is 0 Å². The van der Waals surface area contributed by atoms with Crippen LogP contribution in [0.5, 0.6) is 0 Å². The maximum Gasteiger partial charge on any atom is 0.356 e. The molecule has 6 heteroatoms. The smallest absolute Gasteiger partial charge is 0.356 e. The van der Waals surface area contributed by atoms with Crippen LogP contribution in [0, 0.1) is 0 Å². The van der Waals surface area contributed by atoms with Crippen molar-refractivity contribution in [3.63, 3.8) is 0 Å². The zero-order valence-electron chi connectivity index (χ0n) is 12.7. The highest BCUT2D eigenvalue weighted by Crippen LogP contribution is 2.17. The molecule has 1 amide bonds. The van der Waals surface area contributed by atoms with E-state index in [2.05, 4.69) is 10.4 Å². The third kappa shape index (κ3) is 3.49. The zero-order chi connectivity index (χ0) is 16.9. The fraction of sp³-hybridized carbons (Fsp3) is 0.0556. The summed E-state index contributed by atoms with van der Waals surface area (Å²) >= 11 is 0. The minimum absolute atomic E-state index is 0.131. The number of para-hydroxylation sites is 1. The number of carboxylic acid groups (broad SMARTS) is 1. The molecule has 24 heavy (non-hydrogen) atoms. The van der Waals surface area contributed by atoms with E-state index >= 15 is 0 Å². The molecular weight excluding hydrogens is 306 g/mol. The number of amides is 1. The molecule has 0 spiro atoms. The molecule has 0 radical (unpaired) electrons. The standard InChI is InChI=1S/C18H15N3O3/c22-17(11-13-7-3-1-4-8-13)19-16-12-15(18(23)24)20-21(16)14-9-5-2-6-10-14/h1-10,12H,11H2,(H,19,22)(H,23,24). The van der Waals surface area contributed by atoms with Crippen LogP contribution in [0.15, 0.2) is 66.7 Å². The molecule has 1 heterocycles. The normalized spacial score (nSPS) is 10.3. The van der Waals surface area contributed by atoms with Crippen LogP contribution in [0.1, 0.15) is 16.1 Å². The van der Waals surface area contributed by atoms with E-state index in [4.69, 9.17) is 5.11 Å². The lowest BCUT2D eigenvalue weighted by atomic mass is 10.1. The van der Waals surface area contributed by atoms with Gasteiger partial charge in [0.1, 0.15) is 5.82 Å². The first-order valence-corrected chi connectivity index (χ1v) is 7.36. The Morgan fingerprint density at radius 1 is 1.00 bits per heavy atom. The largest absolute Gasteiger partial charge is 0.476 e. The van der Waals surface area contributed by atoms with Crippen molar-refractivity contribution in [3.8, 4) is 5.69 Å². The van der Waals surface area contributed by atoms with E-state index in [0.29, 0.717) is 11.5 Å². The first kappa shape index (κ1) is 15.5. The van der Waals surface area contributed by atoms with Gasteiger partial charge >= 0.3 is 5.97 Å². The van der Waals surface area contributed by atoms with Crippen LogP contribution in [0.25, 0.3) is 5.69 Å². The molecule has 3 rings (SSSR count). The summed E-state index contributed by atoms with van der Waals surface area (Å²) in [6.45, 7) is 0. The summed E-state index contributed by atoms with van der Waals surface area (Å²) in [5.74, 6) is -1.07. The molecule has 2 aromatic carbocycles. The van der Waals surface area contributed by atoms with Gasteiger partial charge in [-0.15, -0.1) is 0 Å². The molecule has 0 fully saturated rings. The molecular formula is C18H15N3O3. The first-order valence-electron chi connectivity index (χ1n) is 7.36. The summed E-state index contributed by atoms with van der Waals surface area (Å²) < 4.78 is 1.41. The SMILES string of the molecule is O=C(Cc1ccccc1)Nc1cc(C(=O)O)nn1-c1ccccc1. The Hall–Kier alpha value is -3.41. The van der Waals surface area contributed by atoms with Crippen molar-refractivity contribution in [2.45, 2.75) is 6.42 Å². The van der Waals surface area contributed by atoms with Crippen LogP contribution in [0.4, 0.5) is 5.82 Å². The van der Waals surface area contributed by atoms with E-state index in [0.717, 1.165) is 5.56 Å². The predicted molar refractivity (Wildman–Crippen MR) is 89.3 cm³/mol. The van der Waals surface area contributed by atoms with Crippen LogP contribution < -0.4 is 5.32 Å². The fourth-order valence-electron chi connectivity index (χ4n) is 2.31. The van der Waals surface area contributed by atoms with Crippen molar-refractivity contribution >= 4 is 17.7 Å². The van der Waals surface area contributed by atoms with Crippen molar-refractivity contribution in [2.75, 3.05) is 5.32 Å². The molecule has 2 N–H and O–H groups in total. The Morgan fingerprint density at radius 3 is 2.25 bits per heavy atom. The van der Waals surface area contributed by atoms with Gasteiger partial charge in [0.2, 0.25) is 5.91 Å². The molecule has 0 unspecified atom stereocenters. The Bertz CT molecular complexity index is 858. The highest BCUT2D eigenvalue weighted by atomic mass is 16.4. The fourth-order valence-corrected chi connectivity index (χ4v) is 2.31. The van der Waals surface area contributed by atoms with Gasteiger partial charge in [0.15, 0.2) is 5.69 Å².